The number of nitrogens with zero attached hydrogens (tertiary/aromatic N) is 1. The van der Waals surface area contributed by atoms with Gasteiger partial charge in [-0.1, -0.05) is 22.0 Å². The Morgan fingerprint density at radius 2 is 2.15 bits per heavy atom. The van der Waals surface area contributed by atoms with Gasteiger partial charge in [0.1, 0.15) is 0 Å². The molecule has 0 aliphatic rings. The van der Waals surface area contributed by atoms with Crippen molar-refractivity contribution >= 4 is 33.0 Å². The second-order valence-electron chi connectivity index (χ2n) is 4.81. The fourth-order valence-corrected chi connectivity index (χ4v) is 3.37. The summed E-state index contributed by atoms with van der Waals surface area (Å²) >= 11 is 5.40. The molecule has 0 spiro atoms. The van der Waals surface area contributed by atoms with Gasteiger partial charge in [-0.05, 0) is 56.1 Å². The molecule has 0 fully saturated rings. The maximum absolute atomic E-state index is 3.58. The second-order valence-corrected chi connectivity index (χ2v) is 6.75. The van der Waals surface area contributed by atoms with Gasteiger partial charge in [0.05, 0.1) is 6.54 Å². The summed E-state index contributed by atoms with van der Waals surface area (Å²) in [4.78, 5) is 3.83. The average Bonchev–Trinajstić information content (AvgIpc) is 2.97. The maximum atomic E-state index is 3.58. The van der Waals surface area contributed by atoms with Crippen LogP contribution in [0.15, 0.2) is 40.2 Å². The van der Waals surface area contributed by atoms with Crippen molar-refractivity contribution in [3.63, 3.8) is 0 Å². The Balaban J connectivity index is 2.33. The second kappa shape index (κ2) is 7.25. The van der Waals surface area contributed by atoms with E-state index in [1.54, 1.807) is 0 Å². The molecule has 1 unspecified atom stereocenters. The molecule has 2 aromatic rings. The number of halogens is 1. The van der Waals surface area contributed by atoms with Crippen LogP contribution in [0, 0.1) is 0 Å². The Kier molecular flexibility index (Phi) is 5.64. The monoisotopic (exact) mass is 352 g/mol. The molecule has 1 N–H and O–H groups in total. The molecule has 2 nitrogen and oxygen atoms in total. The zero-order chi connectivity index (χ0) is 14.5. The molecule has 1 atom stereocenters. The summed E-state index contributed by atoms with van der Waals surface area (Å²) in [7, 11) is 2.00. The molecule has 108 valence electrons. The molecule has 0 saturated carbocycles. The van der Waals surface area contributed by atoms with Crippen LogP contribution < -0.4 is 10.2 Å². The first-order chi connectivity index (χ1) is 9.65. The zero-order valence-corrected chi connectivity index (χ0v) is 14.6. The highest BCUT2D eigenvalue weighted by Crippen LogP contribution is 2.30. The molecule has 0 bridgehead atoms. The van der Waals surface area contributed by atoms with E-state index in [0.717, 1.165) is 17.6 Å². The first-order valence-corrected chi connectivity index (χ1v) is 8.57. The van der Waals surface area contributed by atoms with Crippen LogP contribution in [-0.4, -0.2) is 13.6 Å². The van der Waals surface area contributed by atoms with Gasteiger partial charge >= 0.3 is 0 Å². The highest BCUT2D eigenvalue weighted by Gasteiger charge is 2.15. The minimum Gasteiger partial charge on any atom is -0.366 e. The SMILES string of the molecule is CCN(Cc1cccs1)c1ccc(Br)cc1C(C)NC. The molecular formula is C16H21BrN2S. The van der Waals surface area contributed by atoms with Gasteiger partial charge in [-0.2, -0.15) is 0 Å². The quantitative estimate of drug-likeness (QED) is 0.801. The van der Waals surface area contributed by atoms with Crippen molar-refractivity contribution in [1.82, 2.24) is 5.32 Å². The van der Waals surface area contributed by atoms with E-state index >= 15 is 0 Å². The Bertz CT molecular complexity index is 539. The lowest BCUT2D eigenvalue weighted by Gasteiger charge is -2.27. The van der Waals surface area contributed by atoms with Gasteiger partial charge in [0.15, 0.2) is 0 Å². The van der Waals surface area contributed by atoms with Gasteiger partial charge in [0.25, 0.3) is 0 Å². The van der Waals surface area contributed by atoms with Crippen LogP contribution in [0.2, 0.25) is 0 Å². The molecule has 2 rings (SSSR count). The van der Waals surface area contributed by atoms with Crippen LogP contribution in [0.1, 0.15) is 30.3 Å². The Morgan fingerprint density at radius 1 is 1.35 bits per heavy atom. The van der Waals surface area contributed by atoms with Crippen LogP contribution >= 0.6 is 27.3 Å². The third-order valence-electron chi connectivity index (χ3n) is 3.54. The number of rotatable bonds is 6. The highest BCUT2D eigenvalue weighted by molar-refractivity contribution is 9.10. The number of nitrogens with one attached hydrogen (secondary N) is 1. The van der Waals surface area contributed by atoms with Crippen molar-refractivity contribution in [2.24, 2.45) is 0 Å². The maximum Gasteiger partial charge on any atom is 0.0522 e. The summed E-state index contributed by atoms with van der Waals surface area (Å²) in [6.45, 7) is 6.38. The number of hydrogen-bond acceptors (Lipinski definition) is 3. The van der Waals surface area contributed by atoms with E-state index in [1.165, 1.54) is 16.1 Å². The Hall–Kier alpha value is -0.840. The average molecular weight is 353 g/mol. The van der Waals surface area contributed by atoms with E-state index in [4.69, 9.17) is 0 Å². The van der Waals surface area contributed by atoms with Gasteiger partial charge < -0.3 is 10.2 Å². The van der Waals surface area contributed by atoms with E-state index in [2.05, 4.69) is 75.7 Å². The largest absolute Gasteiger partial charge is 0.366 e. The molecule has 4 heteroatoms. The van der Waals surface area contributed by atoms with Crippen LogP contribution in [0.25, 0.3) is 0 Å². The number of anilines is 1. The summed E-state index contributed by atoms with van der Waals surface area (Å²) < 4.78 is 1.13. The van der Waals surface area contributed by atoms with E-state index in [9.17, 15) is 0 Å². The van der Waals surface area contributed by atoms with Gasteiger partial charge in [0.2, 0.25) is 0 Å². The predicted molar refractivity (Wildman–Crippen MR) is 92.7 cm³/mol. The van der Waals surface area contributed by atoms with Crippen molar-refractivity contribution < 1.29 is 0 Å². The zero-order valence-electron chi connectivity index (χ0n) is 12.2. The normalized spacial score (nSPS) is 12.4. The van der Waals surface area contributed by atoms with E-state index in [1.807, 2.05) is 18.4 Å². The fraction of sp³-hybridized carbons (Fsp3) is 0.375. The fourth-order valence-electron chi connectivity index (χ4n) is 2.27. The molecule has 0 saturated heterocycles. The lowest BCUT2D eigenvalue weighted by Crippen LogP contribution is -2.25. The smallest absolute Gasteiger partial charge is 0.0522 e. The molecule has 0 aliphatic heterocycles. The molecule has 0 aliphatic carbocycles. The van der Waals surface area contributed by atoms with Gasteiger partial charge in [-0.3, -0.25) is 0 Å². The number of thiophene rings is 1. The molecule has 20 heavy (non-hydrogen) atoms. The van der Waals surface area contributed by atoms with Crippen LogP contribution in [0.5, 0.6) is 0 Å². The van der Waals surface area contributed by atoms with Gasteiger partial charge in [-0.15, -0.1) is 11.3 Å². The topological polar surface area (TPSA) is 15.3 Å². The summed E-state index contributed by atoms with van der Waals surface area (Å²) in [5.74, 6) is 0. The third-order valence-corrected chi connectivity index (χ3v) is 4.89. The molecule has 1 aromatic carbocycles. The molecule has 1 heterocycles. The van der Waals surface area contributed by atoms with Crippen molar-refractivity contribution in [2.75, 3.05) is 18.5 Å². The van der Waals surface area contributed by atoms with Crippen molar-refractivity contribution in [3.05, 3.63) is 50.6 Å². The summed E-state index contributed by atoms with van der Waals surface area (Å²) in [5.41, 5.74) is 2.64. The molecule has 1 aromatic heterocycles. The molecule has 0 radical (unpaired) electrons. The third kappa shape index (κ3) is 3.62. The van der Waals surface area contributed by atoms with Crippen molar-refractivity contribution in [2.45, 2.75) is 26.4 Å². The lowest BCUT2D eigenvalue weighted by atomic mass is 10.1. The van der Waals surface area contributed by atoms with Crippen molar-refractivity contribution in [3.8, 4) is 0 Å². The standard InChI is InChI=1S/C16H21BrN2S/c1-4-19(11-14-6-5-9-20-14)16-8-7-13(17)10-15(16)12(2)18-3/h5-10,12,18H,4,11H2,1-3H3. The summed E-state index contributed by atoms with van der Waals surface area (Å²) in [6.07, 6.45) is 0. The predicted octanol–water partition coefficient (Wildman–Crippen LogP) is 4.82. The first-order valence-electron chi connectivity index (χ1n) is 6.89. The van der Waals surface area contributed by atoms with Gasteiger partial charge in [-0.25, -0.2) is 0 Å². The minimum atomic E-state index is 0.333. The lowest BCUT2D eigenvalue weighted by molar-refractivity contribution is 0.647. The Morgan fingerprint density at radius 3 is 2.75 bits per heavy atom. The first kappa shape index (κ1) is 15.5. The number of hydrogen-bond donors (Lipinski definition) is 1. The number of benzene rings is 1. The molecular weight excluding hydrogens is 332 g/mol. The van der Waals surface area contributed by atoms with E-state index in [-0.39, 0.29) is 0 Å². The van der Waals surface area contributed by atoms with Crippen LogP contribution in [0.4, 0.5) is 5.69 Å². The summed E-state index contributed by atoms with van der Waals surface area (Å²) in [6, 6.07) is 11.2. The van der Waals surface area contributed by atoms with Crippen molar-refractivity contribution in [1.29, 1.82) is 0 Å². The molecule has 0 amide bonds. The minimum absolute atomic E-state index is 0.333. The summed E-state index contributed by atoms with van der Waals surface area (Å²) in [5, 5.41) is 5.48. The Labute approximate surface area is 133 Å². The van der Waals surface area contributed by atoms with Crippen LogP contribution in [0.3, 0.4) is 0 Å². The highest BCUT2D eigenvalue weighted by atomic mass is 79.9. The van der Waals surface area contributed by atoms with Gasteiger partial charge in [0, 0.05) is 27.6 Å². The van der Waals surface area contributed by atoms with Crippen LogP contribution in [-0.2, 0) is 6.54 Å². The van der Waals surface area contributed by atoms with E-state index in [0.29, 0.717) is 6.04 Å². The van der Waals surface area contributed by atoms with E-state index < -0.39 is 0 Å².